The van der Waals surface area contributed by atoms with Gasteiger partial charge in [-0.1, -0.05) is 39.5 Å². The predicted molar refractivity (Wildman–Crippen MR) is 109 cm³/mol. The monoisotopic (exact) mass is 456 g/mol. The Bertz CT molecular complexity index is 599. The van der Waals surface area contributed by atoms with E-state index in [-0.39, 0.29) is 0 Å². The second kappa shape index (κ2) is 10.3. The highest BCUT2D eigenvalue weighted by atomic mass is 79.9. The molecular formula is C20H26Br2O2. The van der Waals surface area contributed by atoms with Gasteiger partial charge in [0, 0.05) is 8.95 Å². The largest absolute Gasteiger partial charge is 0.490 e. The van der Waals surface area contributed by atoms with Gasteiger partial charge in [-0.3, -0.25) is 0 Å². The zero-order valence-corrected chi connectivity index (χ0v) is 17.7. The summed E-state index contributed by atoms with van der Waals surface area (Å²) in [6.45, 7) is 5.88. The molecule has 0 atom stereocenters. The smallest absolute Gasteiger partial charge is 0.161 e. The van der Waals surface area contributed by atoms with Gasteiger partial charge >= 0.3 is 0 Å². The van der Waals surface area contributed by atoms with E-state index in [1.54, 1.807) is 0 Å². The molecule has 2 rings (SSSR count). The van der Waals surface area contributed by atoms with Crippen LogP contribution in [0.2, 0.25) is 0 Å². The van der Waals surface area contributed by atoms with Gasteiger partial charge in [0.25, 0.3) is 0 Å². The summed E-state index contributed by atoms with van der Waals surface area (Å²) in [6.07, 6.45) is 6.93. The molecule has 0 bridgehead atoms. The molecule has 0 unspecified atom stereocenters. The van der Waals surface area contributed by atoms with Gasteiger partial charge in [-0.2, -0.15) is 0 Å². The Balaban J connectivity index is 2.22. The summed E-state index contributed by atoms with van der Waals surface area (Å²) in [5.74, 6) is 1.70. The molecule has 0 aromatic heterocycles. The molecule has 0 saturated heterocycles. The third kappa shape index (κ3) is 5.66. The number of halogens is 2. The molecule has 24 heavy (non-hydrogen) atoms. The SMILES string of the molecule is CCCCCOc1cc2cc(Br)c(Br)cc2cc1OCCCCC. The van der Waals surface area contributed by atoms with Crippen LogP contribution in [0.15, 0.2) is 33.2 Å². The molecule has 2 aromatic carbocycles. The first kappa shape index (κ1) is 19.6. The van der Waals surface area contributed by atoms with Crippen LogP contribution in [0.3, 0.4) is 0 Å². The van der Waals surface area contributed by atoms with Crippen molar-refractivity contribution in [1.29, 1.82) is 0 Å². The molecular weight excluding hydrogens is 432 g/mol. The molecule has 2 aromatic rings. The molecule has 0 spiro atoms. The lowest BCUT2D eigenvalue weighted by Gasteiger charge is -2.15. The van der Waals surface area contributed by atoms with Crippen molar-refractivity contribution >= 4 is 42.6 Å². The Morgan fingerprint density at radius 2 is 1.08 bits per heavy atom. The Hall–Kier alpha value is -0.740. The summed E-state index contributed by atoms with van der Waals surface area (Å²) in [5.41, 5.74) is 0. The number of ether oxygens (including phenoxy) is 2. The zero-order chi connectivity index (χ0) is 17.4. The predicted octanol–water partition coefficient (Wildman–Crippen LogP) is 7.50. The van der Waals surface area contributed by atoms with E-state index in [2.05, 4.69) is 70.0 Å². The van der Waals surface area contributed by atoms with Crippen molar-refractivity contribution in [1.82, 2.24) is 0 Å². The lowest BCUT2D eigenvalue weighted by atomic mass is 10.1. The minimum absolute atomic E-state index is 0.738. The number of benzene rings is 2. The van der Waals surface area contributed by atoms with E-state index in [9.17, 15) is 0 Å². The number of unbranched alkanes of at least 4 members (excludes halogenated alkanes) is 4. The standard InChI is InChI=1S/C20H26Br2O2/c1-3-5-7-9-23-19-13-15-11-17(21)18(22)12-16(15)14-20(19)24-10-8-6-4-2/h11-14H,3-10H2,1-2H3. The van der Waals surface area contributed by atoms with Crippen molar-refractivity contribution in [2.75, 3.05) is 13.2 Å². The van der Waals surface area contributed by atoms with Gasteiger partial charge in [-0.15, -0.1) is 0 Å². The fourth-order valence-corrected chi connectivity index (χ4v) is 3.27. The van der Waals surface area contributed by atoms with Crippen LogP contribution in [0.25, 0.3) is 10.8 Å². The average molecular weight is 458 g/mol. The Morgan fingerprint density at radius 1 is 0.667 bits per heavy atom. The second-order valence-electron chi connectivity index (χ2n) is 6.02. The van der Waals surface area contributed by atoms with Gasteiger partial charge in [0.05, 0.1) is 13.2 Å². The van der Waals surface area contributed by atoms with E-state index >= 15 is 0 Å². The minimum atomic E-state index is 0.738. The van der Waals surface area contributed by atoms with Crippen molar-refractivity contribution in [2.24, 2.45) is 0 Å². The van der Waals surface area contributed by atoms with Crippen LogP contribution in [0.5, 0.6) is 11.5 Å². The third-order valence-electron chi connectivity index (χ3n) is 3.95. The molecule has 0 fully saturated rings. The van der Waals surface area contributed by atoms with E-state index in [0.717, 1.165) is 57.3 Å². The summed E-state index contributed by atoms with van der Waals surface area (Å²) in [5, 5.41) is 2.30. The first-order valence-corrected chi connectivity index (χ1v) is 10.4. The maximum Gasteiger partial charge on any atom is 0.161 e. The van der Waals surface area contributed by atoms with Crippen LogP contribution in [0.1, 0.15) is 52.4 Å². The van der Waals surface area contributed by atoms with Crippen molar-refractivity contribution in [3.8, 4) is 11.5 Å². The normalized spacial score (nSPS) is 11.0. The molecule has 0 N–H and O–H groups in total. The molecule has 0 aliphatic heterocycles. The van der Waals surface area contributed by atoms with Crippen molar-refractivity contribution < 1.29 is 9.47 Å². The Kier molecular flexibility index (Phi) is 8.40. The van der Waals surface area contributed by atoms with Gasteiger partial charge in [-0.05, 0) is 79.7 Å². The first-order valence-electron chi connectivity index (χ1n) is 8.84. The van der Waals surface area contributed by atoms with E-state index < -0.39 is 0 Å². The van der Waals surface area contributed by atoms with E-state index in [4.69, 9.17) is 9.47 Å². The maximum atomic E-state index is 6.02. The van der Waals surface area contributed by atoms with Crippen molar-refractivity contribution in [2.45, 2.75) is 52.4 Å². The highest BCUT2D eigenvalue weighted by molar-refractivity contribution is 9.13. The molecule has 0 aliphatic carbocycles. The lowest BCUT2D eigenvalue weighted by molar-refractivity contribution is 0.260. The average Bonchev–Trinajstić information content (AvgIpc) is 2.57. The quantitative estimate of drug-likeness (QED) is 0.343. The van der Waals surface area contributed by atoms with E-state index in [0.29, 0.717) is 0 Å². The molecule has 132 valence electrons. The molecule has 0 amide bonds. The summed E-state index contributed by atoms with van der Waals surface area (Å²) in [4.78, 5) is 0. The van der Waals surface area contributed by atoms with Gasteiger partial charge in [-0.25, -0.2) is 0 Å². The highest BCUT2D eigenvalue weighted by Gasteiger charge is 2.10. The summed E-state index contributed by atoms with van der Waals surface area (Å²) >= 11 is 7.15. The third-order valence-corrected chi connectivity index (χ3v) is 5.80. The van der Waals surface area contributed by atoms with Crippen LogP contribution < -0.4 is 9.47 Å². The van der Waals surface area contributed by atoms with Crippen LogP contribution in [-0.4, -0.2) is 13.2 Å². The number of hydrogen-bond acceptors (Lipinski definition) is 2. The van der Waals surface area contributed by atoms with Crippen LogP contribution in [0.4, 0.5) is 0 Å². The highest BCUT2D eigenvalue weighted by Crippen LogP contribution is 2.36. The number of hydrogen-bond donors (Lipinski definition) is 0. The minimum Gasteiger partial charge on any atom is -0.490 e. The van der Waals surface area contributed by atoms with E-state index in [1.165, 1.54) is 25.7 Å². The number of fused-ring (bicyclic) bond motifs is 1. The lowest BCUT2D eigenvalue weighted by Crippen LogP contribution is -2.02. The molecule has 4 heteroatoms. The summed E-state index contributed by atoms with van der Waals surface area (Å²) in [7, 11) is 0. The number of rotatable bonds is 10. The van der Waals surface area contributed by atoms with Crippen LogP contribution in [-0.2, 0) is 0 Å². The van der Waals surface area contributed by atoms with Gasteiger partial charge in [0.15, 0.2) is 11.5 Å². The fraction of sp³-hybridized carbons (Fsp3) is 0.500. The van der Waals surface area contributed by atoms with Crippen molar-refractivity contribution in [3.05, 3.63) is 33.2 Å². The Labute approximate surface area is 162 Å². The molecule has 0 radical (unpaired) electrons. The van der Waals surface area contributed by atoms with Gasteiger partial charge in [0.2, 0.25) is 0 Å². The summed E-state index contributed by atoms with van der Waals surface area (Å²) < 4.78 is 14.1. The molecule has 0 aliphatic rings. The Morgan fingerprint density at radius 3 is 1.46 bits per heavy atom. The summed E-state index contributed by atoms with van der Waals surface area (Å²) in [6, 6.07) is 8.40. The van der Waals surface area contributed by atoms with Crippen LogP contribution in [0, 0.1) is 0 Å². The fourth-order valence-electron chi connectivity index (χ4n) is 2.55. The molecule has 0 heterocycles. The second-order valence-corrected chi connectivity index (χ2v) is 7.73. The van der Waals surface area contributed by atoms with Gasteiger partial charge < -0.3 is 9.47 Å². The maximum absolute atomic E-state index is 6.02. The molecule has 0 saturated carbocycles. The van der Waals surface area contributed by atoms with Crippen LogP contribution >= 0.6 is 31.9 Å². The zero-order valence-electron chi connectivity index (χ0n) is 14.5. The first-order chi connectivity index (χ1) is 11.7. The molecule has 2 nitrogen and oxygen atoms in total. The van der Waals surface area contributed by atoms with E-state index in [1.807, 2.05) is 0 Å². The van der Waals surface area contributed by atoms with Gasteiger partial charge in [0.1, 0.15) is 0 Å². The van der Waals surface area contributed by atoms with Crippen molar-refractivity contribution in [3.63, 3.8) is 0 Å². The topological polar surface area (TPSA) is 18.5 Å².